The van der Waals surface area contributed by atoms with Gasteiger partial charge in [-0.1, -0.05) is 25.1 Å². The molecule has 0 bridgehead atoms. The van der Waals surface area contributed by atoms with Gasteiger partial charge >= 0.3 is 0 Å². The summed E-state index contributed by atoms with van der Waals surface area (Å²) < 4.78 is 0. The first-order chi connectivity index (χ1) is 9.13. The predicted molar refractivity (Wildman–Crippen MR) is 72.2 cm³/mol. The lowest BCUT2D eigenvalue weighted by molar-refractivity contribution is -0.123. The van der Waals surface area contributed by atoms with E-state index in [2.05, 4.69) is 6.92 Å². The van der Waals surface area contributed by atoms with Gasteiger partial charge in [0.15, 0.2) is 0 Å². The zero-order chi connectivity index (χ0) is 13.6. The average Bonchev–Trinajstić information content (AvgIpc) is 2.89. The van der Waals surface area contributed by atoms with E-state index in [0.29, 0.717) is 18.2 Å². The number of nitrogens with zero attached hydrogens (tertiary/aromatic N) is 1. The zero-order valence-corrected chi connectivity index (χ0v) is 11.0. The number of amides is 2. The highest BCUT2D eigenvalue weighted by molar-refractivity contribution is 6.22. The van der Waals surface area contributed by atoms with E-state index in [-0.39, 0.29) is 23.7 Å². The summed E-state index contributed by atoms with van der Waals surface area (Å²) in [6.07, 6.45) is 1.66. The van der Waals surface area contributed by atoms with E-state index in [1.165, 1.54) is 4.90 Å². The molecule has 1 aliphatic carbocycles. The van der Waals surface area contributed by atoms with Gasteiger partial charge in [0, 0.05) is 6.54 Å². The smallest absolute Gasteiger partial charge is 0.237 e. The van der Waals surface area contributed by atoms with Crippen LogP contribution in [0.5, 0.6) is 0 Å². The second-order valence-electron chi connectivity index (χ2n) is 5.63. The Morgan fingerprint density at radius 1 is 1.16 bits per heavy atom. The van der Waals surface area contributed by atoms with Crippen molar-refractivity contribution in [3.05, 3.63) is 29.8 Å². The number of anilines is 1. The quantitative estimate of drug-likeness (QED) is 0.821. The van der Waals surface area contributed by atoms with Crippen molar-refractivity contribution < 1.29 is 9.59 Å². The van der Waals surface area contributed by atoms with Gasteiger partial charge in [0.25, 0.3) is 0 Å². The van der Waals surface area contributed by atoms with Crippen molar-refractivity contribution in [2.45, 2.75) is 26.3 Å². The third-order valence-corrected chi connectivity index (χ3v) is 4.33. The highest BCUT2D eigenvalue weighted by Gasteiger charge is 2.52. The average molecular weight is 258 g/mol. The van der Waals surface area contributed by atoms with Crippen LogP contribution in [0.4, 0.5) is 5.69 Å². The molecule has 0 spiro atoms. The minimum atomic E-state index is -0.117. The number of imide groups is 1. The highest BCUT2D eigenvalue weighted by atomic mass is 16.2. The lowest BCUT2D eigenvalue weighted by Crippen LogP contribution is -2.33. The van der Waals surface area contributed by atoms with Crippen molar-refractivity contribution in [3.63, 3.8) is 0 Å². The van der Waals surface area contributed by atoms with Crippen LogP contribution < -0.4 is 10.6 Å². The summed E-state index contributed by atoms with van der Waals surface area (Å²) >= 11 is 0. The Kier molecular flexibility index (Phi) is 2.90. The molecule has 0 radical (unpaired) electrons. The fraction of sp³-hybridized carbons (Fsp3) is 0.467. The Morgan fingerprint density at radius 2 is 1.74 bits per heavy atom. The van der Waals surface area contributed by atoms with E-state index in [1.807, 2.05) is 24.3 Å². The van der Waals surface area contributed by atoms with Gasteiger partial charge in [-0.15, -0.1) is 0 Å². The van der Waals surface area contributed by atoms with Crippen LogP contribution in [-0.2, 0) is 16.1 Å². The number of carbonyl (C=O) groups is 2. The molecule has 1 saturated carbocycles. The highest BCUT2D eigenvalue weighted by Crippen LogP contribution is 2.44. The molecule has 1 aromatic carbocycles. The van der Waals surface area contributed by atoms with Crippen LogP contribution in [-0.4, -0.2) is 11.8 Å². The molecule has 100 valence electrons. The van der Waals surface area contributed by atoms with Crippen molar-refractivity contribution in [2.24, 2.45) is 23.5 Å². The molecule has 19 heavy (non-hydrogen) atoms. The zero-order valence-electron chi connectivity index (χ0n) is 11.0. The molecule has 2 aliphatic rings. The van der Waals surface area contributed by atoms with Gasteiger partial charge in [-0.05, 0) is 30.4 Å². The van der Waals surface area contributed by atoms with Gasteiger partial charge in [0.2, 0.25) is 11.8 Å². The molecular weight excluding hydrogens is 240 g/mol. The first-order valence-corrected chi connectivity index (χ1v) is 6.79. The third kappa shape index (κ3) is 1.78. The van der Waals surface area contributed by atoms with Crippen LogP contribution in [0.3, 0.4) is 0 Å². The second-order valence-corrected chi connectivity index (χ2v) is 5.63. The SMILES string of the molecule is CC1CC2C(=O)N(c3ccccc3CN)C(=O)C2C1. The number of fused-ring (bicyclic) bond motifs is 1. The third-order valence-electron chi connectivity index (χ3n) is 4.33. The summed E-state index contributed by atoms with van der Waals surface area (Å²) in [6.45, 7) is 2.44. The molecular formula is C15H18N2O2. The second kappa shape index (κ2) is 4.46. The number of hydrogen-bond acceptors (Lipinski definition) is 3. The van der Waals surface area contributed by atoms with Crippen LogP contribution in [0.2, 0.25) is 0 Å². The summed E-state index contributed by atoms with van der Waals surface area (Å²) in [7, 11) is 0. The van der Waals surface area contributed by atoms with E-state index < -0.39 is 0 Å². The number of para-hydroxylation sites is 1. The molecule has 1 aromatic rings. The van der Waals surface area contributed by atoms with E-state index in [4.69, 9.17) is 5.73 Å². The lowest BCUT2D eigenvalue weighted by Gasteiger charge is -2.19. The molecule has 0 aromatic heterocycles. The van der Waals surface area contributed by atoms with Crippen molar-refractivity contribution >= 4 is 17.5 Å². The molecule has 2 N–H and O–H groups in total. The van der Waals surface area contributed by atoms with Crippen molar-refractivity contribution in [3.8, 4) is 0 Å². The van der Waals surface area contributed by atoms with Gasteiger partial charge in [-0.25, -0.2) is 4.90 Å². The van der Waals surface area contributed by atoms with Gasteiger partial charge < -0.3 is 5.73 Å². The lowest BCUT2D eigenvalue weighted by atomic mass is 10.00. The molecule has 3 rings (SSSR count). The van der Waals surface area contributed by atoms with Crippen LogP contribution in [0.15, 0.2) is 24.3 Å². The Hall–Kier alpha value is -1.68. The fourth-order valence-electron chi connectivity index (χ4n) is 3.42. The molecule has 2 fully saturated rings. The first kappa shape index (κ1) is 12.4. The summed E-state index contributed by atoms with van der Waals surface area (Å²) in [6, 6.07) is 7.39. The standard InChI is InChI=1S/C15H18N2O2/c1-9-6-11-12(7-9)15(19)17(14(11)18)13-5-3-2-4-10(13)8-16/h2-5,9,11-12H,6-8,16H2,1H3. The van der Waals surface area contributed by atoms with Crippen molar-refractivity contribution in [1.82, 2.24) is 0 Å². The van der Waals surface area contributed by atoms with Gasteiger partial charge in [-0.3, -0.25) is 9.59 Å². The number of carbonyl (C=O) groups excluding carboxylic acids is 2. The number of benzene rings is 1. The van der Waals surface area contributed by atoms with Crippen LogP contribution in [0.1, 0.15) is 25.3 Å². The Balaban J connectivity index is 1.99. The molecule has 2 atom stereocenters. The molecule has 2 amide bonds. The summed E-state index contributed by atoms with van der Waals surface area (Å²) in [5.41, 5.74) is 7.21. The molecule has 1 heterocycles. The van der Waals surface area contributed by atoms with Gasteiger partial charge in [-0.2, -0.15) is 0 Å². The number of nitrogens with two attached hydrogens (primary N) is 1. The maximum absolute atomic E-state index is 12.5. The topological polar surface area (TPSA) is 63.4 Å². The Bertz CT molecular complexity index is 517. The van der Waals surface area contributed by atoms with Crippen molar-refractivity contribution in [2.75, 3.05) is 4.90 Å². The van der Waals surface area contributed by atoms with Gasteiger partial charge in [0.1, 0.15) is 0 Å². The number of rotatable bonds is 2. The maximum atomic E-state index is 12.5. The summed E-state index contributed by atoms with van der Waals surface area (Å²) in [5.74, 6) is 0.150. The van der Waals surface area contributed by atoms with Crippen LogP contribution in [0.25, 0.3) is 0 Å². The van der Waals surface area contributed by atoms with E-state index >= 15 is 0 Å². The Morgan fingerprint density at radius 3 is 2.32 bits per heavy atom. The molecule has 4 nitrogen and oxygen atoms in total. The molecule has 2 unspecified atom stereocenters. The molecule has 4 heteroatoms. The number of hydrogen-bond donors (Lipinski definition) is 1. The summed E-state index contributed by atoms with van der Waals surface area (Å²) in [5, 5.41) is 0. The minimum Gasteiger partial charge on any atom is -0.326 e. The largest absolute Gasteiger partial charge is 0.326 e. The molecule has 1 saturated heterocycles. The fourth-order valence-corrected chi connectivity index (χ4v) is 3.42. The van der Waals surface area contributed by atoms with Crippen LogP contribution in [0, 0.1) is 17.8 Å². The predicted octanol–water partition coefficient (Wildman–Crippen LogP) is 1.68. The van der Waals surface area contributed by atoms with E-state index in [0.717, 1.165) is 18.4 Å². The maximum Gasteiger partial charge on any atom is 0.237 e. The first-order valence-electron chi connectivity index (χ1n) is 6.79. The van der Waals surface area contributed by atoms with Gasteiger partial charge in [0.05, 0.1) is 17.5 Å². The van der Waals surface area contributed by atoms with E-state index in [1.54, 1.807) is 0 Å². The Labute approximate surface area is 112 Å². The minimum absolute atomic E-state index is 0.0414. The normalized spacial score (nSPS) is 30.0. The monoisotopic (exact) mass is 258 g/mol. The van der Waals surface area contributed by atoms with Crippen LogP contribution >= 0.6 is 0 Å². The van der Waals surface area contributed by atoms with E-state index in [9.17, 15) is 9.59 Å². The van der Waals surface area contributed by atoms with Crippen molar-refractivity contribution in [1.29, 1.82) is 0 Å². The molecule has 1 aliphatic heterocycles. The summed E-state index contributed by atoms with van der Waals surface area (Å²) in [4.78, 5) is 26.3.